The third-order valence-corrected chi connectivity index (χ3v) is 2.77. The van der Waals surface area contributed by atoms with Crippen LogP contribution < -0.4 is 5.43 Å². The zero-order valence-electron chi connectivity index (χ0n) is 7.63. The Morgan fingerprint density at radius 3 is 2.42 bits per heavy atom. The molecule has 0 bridgehead atoms. The van der Waals surface area contributed by atoms with Gasteiger partial charge in [0, 0.05) is 12.3 Å². The molecule has 2 nitrogen and oxygen atoms in total. The van der Waals surface area contributed by atoms with Gasteiger partial charge in [-0.15, -0.1) is 0 Å². The van der Waals surface area contributed by atoms with Crippen molar-refractivity contribution in [2.75, 3.05) is 0 Å². The monoisotopic (exact) mass is 166 g/mol. The minimum atomic E-state index is 0.713. The van der Waals surface area contributed by atoms with Gasteiger partial charge in [-0.1, -0.05) is 19.3 Å². The van der Waals surface area contributed by atoms with Crippen LogP contribution in [0, 0.1) is 5.92 Å². The number of hydrogen-bond acceptors (Lipinski definition) is 2. The summed E-state index contributed by atoms with van der Waals surface area (Å²) in [5.74, 6) is 0.769. The third-order valence-electron chi connectivity index (χ3n) is 2.77. The van der Waals surface area contributed by atoms with Crippen molar-refractivity contribution < 1.29 is 0 Å². The van der Waals surface area contributed by atoms with Crippen LogP contribution in [-0.4, -0.2) is 12.3 Å². The summed E-state index contributed by atoms with van der Waals surface area (Å²) in [4.78, 5) is 0. The molecule has 0 unspecified atom stereocenters. The Balaban J connectivity index is 1.65. The predicted octanol–water partition coefficient (Wildman–Crippen LogP) is 2.30. The number of hydrogen-bond donors (Lipinski definition) is 1. The molecular weight excluding hydrogens is 148 g/mol. The summed E-state index contributed by atoms with van der Waals surface area (Å²) in [5.41, 5.74) is 3.17. The van der Waals surface area contributed by atoms with Gasteiger partial charge in [0.1, 0.15) is 0 Å². The molecule has 2 aliphatic carbocycles. The molecule has 2 saturated carbocycles. The molecule has 68 valence electrons. The van der Waals surface area contributed by atoms with Crippen LogP contribution >= 0.6 is 0 Å². The van der Waals surface area contributed by atoms with Crippen LogP contribution in [0.15, 0.2) is 5.10 Å². The normalized spacial score (nSPS) is 26.3. The van der Waals surface area contributed by atoms with Gasteiger partial charge in [-0.05, 0) is 31.6 Å². The van der Waals surface area contributed by atoms with Gasteiger partial charge in [0.2, 0.25) is 0 Å². The number of nitrogens with one attached hydrogen (secondary N) is 1. The second-order valence-electron chi connectivity index (χ2n) is 4.08. The van der Waals surface area contributed by atoms with Gasteiger partial charge in [0.05, 0.1) is 0 Å². The van der Waals surface area contributed by atoms with Crippen LogP contribution in [0.5, 0.6) is 0 Å². The van der Waals surface area contributed by atoms with Crippen molar-refractivity contribution >= 4 is 6.21 Å². The van der Waals surface area contributed by atoms with Crippen molar-refractivity contribution in [3.8, 4) is 0 Å². The van der Waals surface area contributed by atoms with E-state index in [9.17, 15) is 0 Å². The fourth-order valence-electron chi connectivity index (χ4n) is 1.75. The Labute approximate surface area is 74.4 Å². The highest BCUT2D eigenvalue weighted by molar-refractivity contribution is 5.60. The first-order valence-electron chi connectivity index (χ1n) is 5.24. The van der Waals surface area contributed by atoms with Gasteiger partial charge < -0.3 is 5.43 Å². The molecule has 0 radical (unpaired) electrons. The molecule has 2 aliphatic rings. The van der Waals surface area contributed by atoms with Crippen molar-refractivity contribution in [1.82, 2.24) is 5.43 Å². The van der Waals surface area contributed by atoms with Gasteiger partial charge in [0.15, 0.2) is 0 Å². The average Bonchev–Trinajstić information content (AvgIpc) is 2.90. The van der Waals surface area contributed by atoms with E-state index < -0.39 is 0 Å². The van der Waals surface area contributed by atoms with Crippen molar-refractivity contribution in [2.45, 2.75) is 51.0 Å². The fraction of sp³-hybridized carbons (Fsp3) is 0.900. The number of hydrazone groups is 1. The molecule has 0 aliphatic heterocycles. The summed E-state index contributed by atoms with van der Waals surface area (Å²) < 4.78 is 0. The maximum absolute atomic E-state index is 4.28. The van der Waals surface area contributed by atoms with E-state index in [2.05, 4.69) is 16.7 Å². The summed E-state index contributed by atoms with van der Waals surface area (Å²) in [7, 11) is 0. The molecule has 0 atom stereocenters. The highest BCUT2D eigenvalue weighted by Gasteiger charge is 2.20. The van der Waals surface area contributed by atoms with Crippen LogP contribution in [-0.2, 0) is 0 Å². The Kier molecular flexibility index (Phi) is 2.64. The quantitative estimate of drug-likeness (QED) is 0.505. The minimum Gasteiger partial charge on any atom is -0.307 e. The smallest absolute Gasteiger partial charge is 0.0441 e. The van der Waals surface area contributed by atoms with E-state index in [1.54, 1.807) is 0 Å². The molecular formula is C10H18N2. The largest absolute Gasteiger partial charge is 0.307 e. The lowest BCUT2D eigenvalue weighted by Crippen LogP contribution is -2.12. The van der Waals surface area contributed by atoms with Gasteiger partial charge in [0.25, 0.3) is 0 Å². The highest BCUT2D eigenvalue weighted by atomic mass is 15.3. The molecule has 0 aromatic carbocycles. The van der Waals surface area contributed by atoms with Crippen LogP contribution in [0.2, 0.25) is 0 Å². The van der Waals surface area contributed by atoms with Crippen molar-refractivity contribution in [3.63, 3.8) is 0 Å². The molecule has 2 rings (SSSR count). The Morgan fingerprint density at radius 1 is 1.00 bits per heavy atom. The standard InChI is InChI=1S/C10H18N2/c1-2-4-9(5-3-1)8-11-12-10-6-7-10/h8-10,12H,1-7H2/b11-8+. The van der Waals surface area contributed by atoms with Crippen LogP contribution in [0.4, 0.5) is 0 Å². The van der Waals surface area contributed by atoms with Crippen molar-refractivity contribution in [3.05, 3.63) is 0 Å². The maximum atomic E-state index is 4.28. The second-order valence-corrected chi connectivity index (χ2v) is 4.08. The van der Waals surface area contributed by atoms with Crippen molar-refractivity contribution in [2.24, 2.45) is 11.0 Å². The SMILES string of the molecule is C(=N\NC1CC1)/C1CCCCC1. The molecule has 2 heteroatoms. The zero-order chi connectivity index (χ0) is 8.23. The first-order valence-corrected chi connectivity index (χ1v) is 5.24. The second kappa shape index (κ2) is 3.92. The molecule has 0 heterocycles. The summed E-state index contributed by atoms with van der Waals surface area (Å²) in [5, 5.41) is 4.28. The van der Waals surface area contributed by atoms with Crippen LogP contribution in [0.3, 0.4) is 0 Å². The maximum Gasteiger partial charge on any atom is 0.0441 e. The minimum absolute atomic E-state index is 0.713. The Morgan fingerprint density at radius 2 is 1.75 bits per heavy atom. The average molecular weight is 166 g/mol. The number of nitrogens with zero attached hydrogens (tertiary/aromatic N) is 1. The van der Waals surface area contributed by atoms with E-state index in [1.807, 2.05) is 0 Å². The summed E-state index contributed by atoms with van der Waals surface area (Å²) >= 11 is 0. The van der Waals surface area contributed by atoms with E-state index in [-0.39, 0.29) is 0 Å². The molecule has 12 heavy (non-hydrogen) atoms. The molecule has 0 aromatic rings. The van der Waals surface area contributed by atoms with Crippen LogP contribution in [0.25, 0.3) is 0 Å². The Hall–Kier alpha value is -0.530. The molecule has 2 fully saturated rings. The first-order chi connectivity index (χ1) is 5.95. The highest BCUT2D eigenvalue weighted by Crippen LogP contribution is 2.22. The zero-order valence-corrected chi connectivity index (χ0v) is 7.63. The van der Waals surface area contributed by atoms with Gasteiger partial charge >= 0.3 is 0 Å². The number of rotatable bonds is 3. The van der Waals surface area contributed by atoms with E-state index in [0.717, 1.165) is 5.92 Å². The summed E-state index contributed by atoms with van der Waals surface area (Å²) in [6.07, 6.45) is 11.7. The van der Waals surface area contributed by atoms with Gasteiger partial charge in [-0.3, -0.25) is 0 Å². The molecule has 1 N–H and O–H groups in total. The molecule has 0 spiro atoms. The topological polar surface area (TPSA) is 24.4 Å². The molecule has 0 aromatic heterocycles. The lowest BCUT2D eigenvalue weighted by atomic mass is 9.90. The predicted molar refractivity (Wildman–Crippen MR) is 51.2 cm³/mol. The van der Waals surface area contributed by atoms with E-state index in [1.165, 1.54) is 44.9 Å². The van der Waals surface area contributed by atoms with Gasteiger partial charge in [-0.2, -0.15) is 5.10 Å². The lowest BCUT2D eigenvalue weighted by molar-refractivity contribution is 0.443. The van der Waals surface area contributed by atoms with Crippen LogP contribution in [0.1, 0.15) is 44.9 Å². The molecule has 0 amide bonds. The summed E-state index contributed by atoms with van der Waals surface area (Å²) in [6.45, 7) is 0. The third kappa shape index (κ3) is 2.50. The lowest BCUT2D eigenvalue weighted by Gasteiger charge is -2.16. The van der Waals surface area contributed by atoms with E-state index in [4.69, 9.17) is 0 Å². The first kappa shape index (κ1) is 8.09. The van der Waals surface area contributed by atoms with E-state index >= 15 is 0 Å². The van der Waals surface area contributed by atoms with E-state index in [0.29, 0.717) is 6.04 Å². The Bertz CT molecular complexity index is 155. The molecule has 0 saturated heterocycles. The summed E-state index contributed by atoms with van der Waals surface area (Å²) in [6, 6.07) is 0.713. The fourth-order valence-corrected chi connectivity index (χ4v) is 1.75. The van der Waals surface area contributed by atoms with Gasteiger partial charge in [-0.25, -0.2) is 0 Å². The van der Waals surface area contributed by atoms with Crippen molar-refractivity contribution in [1.29, 1.82) is 0 Å².